The van der Waals surface area contributed by atoms with Gasteiger partial charge in [-0.1, -0.05) is 24.3 Å². The SMILES string of the molecule is O=S(=O)(Nc1cc2cccc(NCCCN3CCOCC3)c2o1)c1ccccc1C(F)(F)F. The van der Waals surface area contributed by atoms with Crippen LogP contribution in [-0.4, -0.2) is 52.7 Å². The van der Waals surface area contributed by atoms with E-state index in [-0.39, 0.29) is 5.88 Å². The van der Waals surface area contributed by atoms with Crippen LogP contribution >= 0.6 is 0 Å². The number of rotatable bonds is 8. The molecular weight excluding hydrogens is 459 g/mol. The minimum Gasteiger partial charge on any atom is -0.438 e. The molecule has 4 rings (SSSR count). The fourth-order valence-electron chi connectivity index (χ4n) is 3.73. The zero-order chi connectivity index (χ0) is 23.5. The Morgan fingerprint density at radius 3 is 2.55 bits per heavy atom. The van der Waals surface area contributed by atoms with Gasteiger partial charge in [0, 0.05) is 31.1 Å². The average molecular weight is 484 g/mol. The normalized spacial score (nSPS) is 15.6. The second kappa shape index (κ2) is 9.62. The Hall–Kier alpha value is -2.76. The van der Waals surface area contributed by atoms with Gasteiger partial charge in [0.1, 0.15) is 0 Å². The number of morpholine rings is 1. The number of sulfonamides is 1. The maximum Gasteiger partial charge on any atom is 0.417 e. The molecule has 0 unspecified atom stereocenters. The Bertz CT molecular complexity index is 1210. The van der Waals surface area contributed by atoms with Crippen molar-refractivity contribution in [1.82, 2.24) is 4.90 Å². The third kappa shape index (κ3) is 5.60. The van der Waals surface area contributed by atoms with E-state index >= 15 is 0 Å². The van der Waals surface area contributed by atoms with Gasteiger partial charge in [0.2, 0.25) is 5.88 Å². The second-order valence-corrected chi connectivity index (χ2v) is 9.32. The summed E-state index contributed by atoms with van der Waals surface area (Å²) in [5, 5.41) is 3.91. The summed E-state index contributed by atoms with van der Waals surface area (Å²) in [6.45, 7) is 4.91. The fraction of sp³-hybridized carbons (Fsp3) is 0.364. The molecule has 0 aliphatic carbocycles. The van der Waals surface area contributed by atoms with Crippen molar-refractivity contribution in [2.24, 2.45) is 0 Å². The molecule has 2 heterocycles. The number of fused-ring (bicyclic) bond motifs is 1. The first-order valence-corrected chi connectivity index (χ1v) is 12.0. The number of para-hydroxylation sites is 1. The van der Waals surface area contributed by atoms with Gasteiger partial charge in [0.25, 0.3) is 10.0 Å². The highest BCUT2D eigenvalue weighted by Crippen LogP contribution is 2.36. The monoisotopic (exact) mass is 483 g/mol. The van der Waals surface area contributed by atoms with Gasteiger partial charge in [-0.05, 0) is 31.2 Å². The Kier molecular flexibility index (Phi) is 6.82. The van der Waals surface area contributed by atoms with Crippen LogP contribution in [0.4, 0.5) is 24.7 Å². The molecule has 1 saturated heterocycles. The first-order chi connectivity index (χ1) is 15.7. The van der Waals surface area contributed by atoms with Crippen LogP contribution in [0.1, 0.15) is 12.0 Å². The van der Waals surface area contributed by atoms with E-state index in [1.54, 1.807) is 18.2 Å². The zero-order valence-electron chi connectivity index (χ0n) is 17.7. The lowest BCUT2D eigenvalue weighted by Gasteiger charge is -2.26. The summed E-state index contributed by atoms with van der Waals surface area (Å²) in [7, 11) is -4.52. The molecule has 0 amide bonds. The lowest BCUT2D eigenvalue weighted by atomic mass is 10.2. The van der Waals surface area contributed by atoms with Gasteiger partial charge < -0.3 is 14.5 Å². The number of nitrogens with one attached hydrogen (secondary N) is 2. The van der Waals surface area contributed by atoms with Crippen molar-refractivity contribution < 1.29 is 30.7 Å². The predicted molar refractivity (Wildman–Crippen MR) is 119 cm³/mol. The summed E-state index contributed by atoms with van der Waals surface area (Å²) in [6.07, 6.45) is -3.91. The summed E-state index contributed by atoms with van der Waals surface area (Å²) in [5.41, 5.74) is -0.141. The maximum atomic E-state index is 13.3. The molecule has 0 atom stereocenters. The van der Waals surface area contributed by atoms with Crippen LogP contribution in [0.25, 0.3) is 11.0 Å². The molecule has 3 aromatic rings. The van der Waals surface area contributed by atoms with Crippen LogP contribution in [-0.2, 0) is 20.9 Å². The molecule has 1 aliphatic rings. The van der Waals surface area contributed by atoms with E-state index in [2.05, 4.69) is 14.9 Å². The van der Waals surface area contributed by atoms with Gasteiger partial charge in [-0.25, -0.2) is 13.1 Å². The second-order valence-electron chi connectivity index (χ2n) is 7.67. The molecule has 1 aromatic heterocycles. The van der Waals surface area contributed by atoms with Crippen LogP contribution in [0.15, 0.2) is 57.8 Å². The van der Waals surface area contributed by atoms with Crippen molar-refractivity contribution in [2.45, 2.75) is 17.5 Å². The Balaban J connectivity index is 1.47. The van der Waals surface area contributed by atoms with E-state index in [1.807, 2.05) is 0 Å². The number of benzene rings is 2. The van der Waals surface area contributed by atoms with E-state index in [4.69, 9.17) is 9.15 Å². The first kappa shape index (κ1) is 23.4. The van der Waals surface area contributed by atoms with E-state index in [9.17, 15) is 21.6 Å². The summed E-state index contributed by atoms with van der Waals surface area (Å²) in [5.74, 6) is -0.162. The van der Waals surface area contributed by atoms with Crippen molar-refractivity contribution in [3.05, 3.63) is 54.1 Å². The summed E-state index contributed by atoms with van der Waals surface area (Å²) in [6, 6.07) is 10.8. The highest BCUT2D eigenvalue weighted by atomic mass is 32.2. The Morgan fingerprint density at radius 2 is 1.79 bits per heavy atom. The molecule has 0 saturated carbocycles. The molecule has 11 heteroatoms. The predicted octanol–water partition coefficient (Wildman–Crippen LogP) is 4.39. The minimum absolute atomic E-state index is 0.162. The quantitative estimate of drug-likeness (QED) is 0.463. The summed E-state index contributed by atoms with van der Waals surface area (Å²) in [4.78, 5) is 1.46. The van der Waals surface area contributed by atoms with Gasteiger partial charge in [-0.2, -0.15) is 13.2 Å². The number of anilines is 2. The number of halogens is 3. The molecule has 2 aromatic carbocycles. The largest absolute Gasteiger partial charge is 0.438 e. The van der Waals surface area contributed by atoms with E-state index in [1.165, 1.54) is 12.1 Å². The Morgan fingerprint density at radius 1 is 1.03 bits per heavy atom. The van der Waals surface area contributed by atoms with Crippen LogP contribution < -0.4 is 10.0 Å². The molecular formula is C22H24F3N3O4S. The third-order valence-electron chi connectivity index (χ3n) is 5.33. The number of ether oxygens (including phenoxy) is 1. The van der Waals surface area contributed by atoms with E-state index in [0.29, 0.717) is 23.2 Å². The molecule has 33 heavy (non-hydrogen) atoms. The van der Waals surface area contributed by atoms with Crippen molar-refractivity contribution in [2.75, 3.05) is 49.4 Å². The fourth-order valence-corrected chi connectivity index (χ4v) is 4.93. The van der Waals surface area contributed by atoms with Gasteiger partial charge >= 0.3 is 6.18 Å². The van der Waals surface area contributed by atoms with Crippen LogP contribution in [0.3, 0.4) is 0 Å². The van der Waals surface area contributed by atoms with Gasteiger partial charge in [-0.15, -0.1) is 0 Å². The van der Waals surface area contributed by atoms with Crippen LogP contribution in [0, 0.1) is 0 Å². The number of hydrogen-bond acceptors (Lipinski definition) is 6. The van der Waals surface area contributed by atoms with Gasteiger partial charge in [-0.3, -0.25) is 4.90 Å². The molecule has 2 N–H and O–H groups in total. The van der Waals surface area contributed by atoms with Crippen LogP contribution in [0.2, 0.25) is 0 Å². The molecule has 1 aliphatic heterocycles. The summed E-state index contributed by atoms with van der Waals surface area (Å²) < 4.78 is 78.3. The van der Waals surface area contributed by atoms with Gasteiger partial charge in [0.15, 0.2) is 5.58 Å². The molecule has 0 spiro atoms. The summed E-state index contributed by atoms with van der Waals surface area (Å²) >= 11 is 0. The maximum absolute atomic E-state index is 13.3. The molecule has 1 fully saturated rings. The first-order valence-electron chi connectivity index (χ1n) is 10.5. The number of hydrogen-bond donors (Lipinski definition) is 2. The average Bonchev–Trinajstić information content (AvgIpc) is 3.19. The smallest absolute Gasteiger partial charge is 0.417 e. The van der Waals surface area contributed by atoms with E-state index < -0.39 is 26.7 Å². The highest BCUT2D eigenvalue weighted by molar-refractivity contribution is 7.92. The molecule has 0 bridgehead atoms. The topological polar surface area (TPSA) is 83.8 Å². The van der Waals surface area contributed by atoms with E-state index in [0.717, 1.165) is 57.5 Å². The lowest BCUT2D eigenvalue weighted by Crippen LogP contribution is -2.37. The number of nitrogens with zero attached hydrogens (tertiary/aromatic N) is 1. The van der Waals surface area contributed by atoms with Crippen molar-refractivity contribution >= 4 is 32.6 Å². The zero-order valence-corrected chi connectivity index (χ0v) is 18.5. The Labute approximate surface area is 189 Å². The third-order valence-corrected chi connectivity index (χ3v) is 6.74. The number of alkyl halides is 3. The van der Waals surface area contributed by atoms with Crippen molar-refractivity contribution in [1.29, 1.82) is 0 Å². The van der Waals surface area contributed by atoms with Gasteiger partial charge in [0.05, 0.1) is 29.4 Å². The highest BCUT2D eigenvalue weighted by Gasteiger charge is 2.37. The van der Waals surface area contributed by atoms with Crippen molar-refractivity contribution in [3.63, 3.8) is 0 Å². The minimum atomic E-state index is -4.81. The lowest BCUT2D eigenvalue weighted by molar-refractivity contribution is -0.139. The molecule has 178 valence electrons. The van der Waals surface area contributed by atoms with Crippen LogP contribution in [0.5, 0.6) is 0 Å². The van der Waals surface area contributed by atoms with Crippen molar-refractivity contribution in [3.8, 4) is 0 Å². The standard InChI is InChI=1S/C22H24F3N3O4S/c23-22(24,25)17-6-1-2-8-19(17)33(29,30)27-20-15-16-5-3-7-18(21(16)32-20)26-9-4-10-28-11-13-31-14-12-28/h1-3,5-8,15,26-27H,4,9-14H2. The molecule has 0 radical (unpaired) electrons. The number of furan rings is 1. The molecule has 7 nitrogen and oxygen atoms in total.